The standard InChI is InChI=1S/C13H23N/c1-3-13(2)8-12(13)14-11-7-9-4-5-10(11)6-9/h9-12,14H,3-8H2,1-2H3. The Morgan fingerprint density at radius 2 is 2.14 bits per heavy atom. The first-order valence-electron chi connectivity index (χ1n) is 6.47. The van der Waals surface area contributed by atoms with Gasteiger partial charge in [0.25, 0.3) is 0 Å². The molecule has 3 fully saturated rings. The predicted molar refractivity (Wildman–Crippen MR) is 59.2 cm³/mol. The topological polar surface area (TPSA) is 12.0 Å². The van der Waals surface area contributed by atoms with Crippen molar-refractivity contribution in [2.75, 3.05) is 0 Å². The summed E-state index contributed by atoms with van der Waals surface area (Å²) in [4.78, 5) is 0. The molecular weight excluding hydrogens is 170 g/mol. The van der Waals surface area contributed by atoms with Crippen molar-refractivity contribution in [3.05, 3.63) is 0 Å². The molecule has 0 spiro atoms. The monoisotopic (exact) mass is 193 g/mol. The van der Waals surface area contributed by atoms with E-state index in [4.69, 9.17) is 0 Å². The van der Waals surface area contributed by atoms with Gasteiger partial charge in [-0.3, -0.25) is 0 Å². The third kappa shape index (κ3) is 1.32. The lowest BCUT2D eigenvalue weighted by atomic mass is 9.95. The van der Waals surface area contributed by atoms with Crippen molar-refractivity contribution in [2.24, 2.45) is 17.3 Å². The lowest BCUT2D eigenvalue weighted by Crippen LogP contribution is -2.37. The fraction of sp³-hybridized carbons (Fsp3) is 1.00. The van der Waals surface area contributed by atoms with E-state index in [1.54, 1.807) is 0 Å². The highest BCUT2D eigenvalue weighted by atomic mass is 15.0. The summed E-state index contributed by atoms with van der Waals surface area (Å²) in [6, 6.07) is 1.75. The minimum atomic E-state index is 0.655. The van der Waals surface area contributed by atoms with Crippen molar-refractivity contribution < 1.29 is 0 Å². The molecule has 0 amide bonds. The number of hydrogen-bond donors (Lipinski definition) is 1. The Morgan fingerprint density at radius 3 is 2.64 bits per heavy atom. The van der Waals surface area contributed by atoms with E-state index >= 15 is 0 Å². The molecule has 1 N–H and O–H groups in total. The highest BCUT2D eigenvalue weighted by Gasteiger charge is 2.51. The fourth-order valence-electron chi connectivity index (χ4n) is 3.77. The molecule has 14 heavy (non-hydrogen) atoms. The van der Waals surface area contributed by atoms with Crippen LogP contribution >= 0.6 is 0 Å². The van der Waals surface area contributed by atoms with E-state index in [1.807, 2.05) is 0 Å². The van der Waals surface area contributed by atoms with E-state index in [2.05, 4.69) is 19.2 Å². The maximum Gasteiger partial charge on any atom is 0.0130 e. The van der Waals surface area contributed by atoms with Crippen molar-refractivity contribution in [3.8, 4) is 0 Å². The summed E-state index contributed by atoms with van der Waals surface area (Å²) in [6.07, 6.45) is 8.84. The molecule has 1 nitrogen and oxygen atoms in total. The van der Waals surface area contributed by atoms with Crippen LogP contribution in [0.1, 0.15) is 52.4 Å². The number of rotatable bonds is 3. The first-order valence-corrected chi connectivity index (χ1v) is 6.47. The van der Waals surface area contributed by atoms with E-state index in [1.165, 1.54) is 38.5 Å². The maximum atomic E-state index is 3.93. The van der Waals surface area contributed by atoms with Gasteiger partial charge in [0.05, 0.1) is 0 Å². The molecule has 0 saturated heterocycles. The summed E-state index contributed by atoms with van der Waals surface area (Å²) in [5.41, 5.74) is 0.655. The molecule has 2 bridgehead atoms. The first-order chi connectivity index (χ1) is 6.71. The van der Waals surface area contributed by atoms with Crippen LogP contribution in [0.3, 0.4) is 0 Å². The molecule has 3 saturated carbocycles. The highest BCUT2D eigenvalue weighted by molar-refractivity contribution is 5.07. The van der Waals surface area contributed by atoms with Crippen LogP contribution in [0.4, 0.5) is 0 Å². The van der Waals surface area contributed by atoms with Crippen LogP contribution in [-0.2, 0) is 0 Å². The molecule has 5 atom stereocenters. The van der Waals surface area contributed by atoms with Gasteiger partial charge < -0.3 is 5.32 Å². The van der Waals surface area contributed by atoms with Gasteiger partial charge in [-0.25, -0.2) is 0 Å². The molecule has 3 aliphatic carbocycles. The smallest absolute Gasteiger partial charge is 0.0130 e. The van der Waals surface area contributed by atoms with Crippen molar-refractivity contribution in [2.45, 2.75) is 64.5 Å². The molecule has 0 radical (unpaired) electrons. The molecule has 80 valence electrons. The first kappa shape index (κ1) is 9.21. The largest absolute Gasteiger partial charge is 0.310 e. The van der Waals surface area contributed by atoms with Crippen LogP contribution in [0.2, 0.25) is 0 Å². The summed E-state index contributed by atoms with van der Waals surface area (Å²) in [6.45, 7) is 4.78. The third-order valence-electron chi connectivity index (χ3n) is 5.31. The summed E-state index contributed by atoms with van der Waals surface area (Å²) in [7, 11) is 0. The minimum absolute atomic E-state index is 0.655. The van der Waals surface area contributed by atoms with Gasteiger partial charge in [0.2, 0.25) is 0 Å². The van der Waals surface area contributed by atoms with Gasteiger partial charge in [0, 0.05) is 12.1 Å². The summed E-state index contributed by atoms with van der Waals surface area (Å²) >= 11 is 0. The van der Waals surface area contributed by atoms with Gasteiger partial charge in [-0.15, -0.1) is 0 Å². The van der Waals surface area contributed by atoms with Crippen LogP contribution in [0.25, 0.3) is 0 Å². The molecule has 3 rings (SSSR count). The average Bonchev–Trinajstić information content (AvgIpc) is 2.58. The van der Waals surface area contributed by atoms with E-state index in [9.17, 15) is 0 Å². The second-order valence-electron chi connectivity index (χ2n) is 6.21. The van der Waals surface area contributed by atoms with Crippen LogP contribution in [-0.4, -0.2) is 12.1 Å². The zero-order valence-electron chi connectivity index (χ0n) is 9.55. The summed E-state index contributed by atoms with van der Waals surface area (Å²) in [5, 5.41) is 3.93. The van der Waals surface area contributed by atoms with Crippen molar-refractivity contribution in [1.82, 2.24) is 5.32 Å². The molecule has 0 aromatic heterocycles. The van der Waals surface area contributed by atoms with Crippen molar-refractivity contribution in [1.29, 1.82) is 0 Å². The molecule has 0 aliphatic heterocycles. The second-order valence-corrected chi connectivity index (χ2v) is 6.21. The van der Waals surface area contributed by atoms with Crippen LogP contribution in [0.5, 0.6) is 0 Å². The second kappa shape index (κ2) is 2.98. The normalized spacial score (nSPS) is 55.3. The Balaban J connectivity index is 1.55. The Kier molecular flexibility index (Phi) is 1.96. The van der Waals surface area contributed by atoms with Crippen LogP contribution in [0.15, 0.2) is 0 Å². The zero-order chi connectivity index (χ0) is 9.76. The van der Waals surface area contributed by atoms with Gasteiger partial charge >= 0.3 is 0 Å². The Labute approximate surface area is 87.7 Å². The van der Waals surface area contributed by atoms with Gasteiger partial charge in [-0.1, -0.05) is 20.3 Å². The van der Waals surface area contributed by atoms with Gasteiger partial charge in [0.15, 0.2) is 0 Å². The predicted octanol–water partition coefficient (Wildman–Crippen LogP) is 2.95. The Morgan fingerprint density at radius 1 is 1.29 bits per heavy atom. The molecular formula is C13H23N. The molecule has 0 heterocycles. The number of fused-ring (bicyclic) bond motifs is 2. The highest BCUT2D eigenvalue weighted by Crippen LogP contribution is 2.51. The summed E-state index contributed by atoms with van der Waals surface area (Å²) < 4.78 is 0. The quantitative estimate of drug-likeness (QED) is 0.726. The molecule has 0 aromatic rings. The van der Waals surface area contributed by atoms with E-state index < -0.39 is 0 Å². The van der Waals surface area contributed by atoms with E-state index in [0.717, 1.165) is 23.9 Å². The van der Waals surface area contributed by atoms with Gasteiger partial charge in [-0.05, 0) is 49.4 Å². The molecule has 3 aliphatic rings. The van der Waals surface area contributed by atoms with Crippen LogP contribution < -0.4 is 5.32 Å². The summed E-state index contributed by atoms with van der Waals surface area (Å²) in [5.74, 6) is 2.13. The molecule has 1 heteroatoms. The fourth-order valence-corrected chi connectivity index (χ4v) is 3.77. The molecule has 0 aromatic carbocycles. The SMILES string of the molecule is CCC1(C)CC1NC1CC2CCC1C2. The zero-order valence-corrected chi connectivity index (χ0v) is 9.55. The molecule has 5 unspecified atom stereocenters. The Hall–Kier alpha value is -0.0400. The third-order valence-corrected chi connectivity index (χ3v) is 5.31. The van der Waals surface area contributed by atoms with E-state index in [-0.39, 0.29) is 0 Å². The maximum absolute atomic E-state index is 3.93. The van der Waals surface area contributed by atoms with Gasteiger partial charge in [0.1, 0.15) is 0 Å². The minimum Gasteiger partial charge on any atom is -0.310 e. The number of hydrogen-bond acceptors (Lipinski definition) is 1. The van der Waals surface area contributed by atoms with Crippen LogP contribution in [0, 0.1) is 17.3 Å². The lowest BCUT2D eigenvalue weighted by Gasteiger charge is -2.24. The number of nitrogens with one attached hydrogen (secondary N) is 1. The lowest BCUT2D eigenvalue weighted by molar-refractivity contribution is 0.330. The van der Waals surface area contributed by atoms with Crippen molar-refractivity contribution >= 4 is 0 Å². The Bertz CT molecular complexity index is 237. The van der Waals surface area contributed by atoms with E-state index in [0.29, 0.717) is 5.41 Å². The van der Waals surface area contributed by atoms with Gasteiger partial charge in [-0.2, -0.15) is 0 Å². The average molecular weight is 193 g/mol. The van der Waals surface area contributed by atoms with Crippen molar-refractivity contribution in [3.63, 3.8) is 0 Å².